The molecular weight excluding hydrogens is 240 g/mol. The molecule has 0 aromatic carbocycles. The number of rotatable bonds is 3. The van der Waals surface area contributed by atoms with E-state index in [2.05, 4.69) is 15.3 Å². The summed E-state index contributed by atoms with van der Waals surface area (Å²) in [5.41, 5.74) is 0. The Morgan fingerprint density at radius 2 is 2.18 bits per heavy atom. The van der Waals surface area contributed by atoms with Crippen molar-refractivity contribution >= 4 is 23.3 Å². The van der Waals surface area contributed by atoms with Gasteiger partial charge in [-0.3, -0.25) is 4.79 Å². The van der Waals surface area contributed by atoms with Gasteiger partial charge in [0, 0.05) is 13.1 Å². The van der Waals surface area contributed by atoms with Crippen molar-refractivity contribution in [2.75, 3.05) is 25.0 Å². The Bertz CT molecular complexity index is 393. The summed E-state index contributed by atoms with van der Waals surface area (Å²) in [6, 6.07) is 0. The summed E-state index contributed by atoms with van der Waals surface area (Å²) >= 11 is 5.88. The van der Waals surface area contributed by atoms with Gasteiger partial charge in [0.1, 0.15) is 17.2 Å². The summed E-state index contributed by atoms with van der Waals surface area (Å²) in [6.07, 6.45) is 6.32. The highest BCUT2D eigenvalue weighted by Gasteiger charge is 2.16. The van der Waals surface area contributed by atoms with Gasteiger partial charge in [0.15, 0.2) is 0 Å². The van der Waals surface area contributed by atoms with E-state index in [9.17, 15) is 4.79 Å². The van der Waals surface area contributed by atoms with Gasteiger partial charge in [-0.1, -0.05) is 11.6 Å². The Morgan fingerprint density at radius 1 is 1.41 bits per heavy atom. The van der Waals surface area contributed by atoms with Crippen molar-refractivity contribution in [1.29, 1.82) is 0 Å². The molecule has 2 rings (SSSR count). The van der Waals surface area contributed by atoms with E-state index in [0.717, 1.165) is 25.9 Å². The molecule has 1 amide bonds. The molecule has 1 saturated heterocycles. The highest BCUT2D eigenvalue weighted by atomic mass is 35.5. The number of piperidine rings is 1. The Balaban J connectivity index is 1.85. The number of aromatic nitrogens is 2. The zero-order valence-corrected chi connectivity index (χ0v) is 10.3. The number of carbonyl (C=O) groups is 1. The maximum Gasteiger partial charge on any atom is 0.241 e. The molecule has 0 bridgehead atoms. The third kappa shape index (κ3) is 3.30. The fourth-order valence-electron chi connectivity index (χ4n) is 1.86. The Kier molecular flexibility index (Phi) is 4.14. The molecule has 1 N–H and O–H groups in total. The fraction of sp³-hybridized carbons (Fsp3) is 0.545. The number of hydrogen-bond acceptors (Lipinski definition) is 4. The van der Waals surface area contributed by atoms with Crippen LogP contribution in [0.5, 0.6) is 0 Å². The zero-order valence-electron chi connectivity index (χ0n) is 9.53. The number of amides is 1. The van der Waals surface area contributed by atoms with Crippen LogP contribution in [0.3, 0.4) is 0 Å². The largest absolute Gasteiger partial charge is 0.360 e. The standard InChI is InChI=1S/C11H15ClN4O/c12-9-6-13-8-15-11(9)14-7-10(17)16-4-2-1-3-5-16/h6,8H,1-5,7H2,(H,13,14,15). The number of nitrogens with zero attached hydrogens (tertiary/aromatic N) is 3. The third-order valence-corrected chi connectivity index (χ3v) is 3.06. The van der Waals surface area contributed by atoms with E-state index in [1.807, 2.05) is 4.90 Å². The Hall–Kier alpha value is -1.36. The predicted octanol–water partition coefficient (Wildman–Crippen LogP) is 1.55. The van der Waals surface area contributed by atoms with Crippen molar-refractivity contribution in [3.05, 3.63) is 17.5 Å². The molecular formula is C11H15ClN4O. The summed E-state index contributed by atoms with van der Waals surface area (Å²) in [7, 11) is 0. The molecule has 0 spiro atoms. The summed E-state index contributed by atoms with van der Waals surface area (Å²) in [5.74, 6) is 0.603. The van der Waals surface area contributed by atoms with Gasteiger partial charge in [-0.05, 0) is 19.3 Å². The monoisotopic (exact) mass is 254 g/mol. The van der Waals surface area contributed by atoms with E-state index < -0.39 is 0 Å². The molecule has 0 saturated carbocycles. The van der Waals surface area contributed by atoms with Crippen LogP contribution in [0.4, 0.5) is 5.82 Å². The van der Waals surface area contributed by atoms with Gasteiger partial charge >= 0.3 is 0 Å². The first-order chi connectivity index (χ1) is 8.27. The van der Waals surface area contributed by atoms with Crippen molar-refractivity contribution in [3.8, 4) is 0 Å². The van der Waals surface area contributed by atoms with E-state index in [1.165, 1.54) is 18.9 Å². The van der Waals surface area contributed by atoms with Gasteiger partial charge in [-0.25, -0.2) is 9.97 Å². The van der Waals surface area contributed by atoms with Crippen molar-refractivity contribution < 1.29 is 4.79 Å². The fourth-order valence-corrected chi connectivity index (χ4v) is 2.03. The van der Waals surface area contributed by atoms with E-state index in [1.54, 1.807) is 0 Å². The van der Waals surface area contributed by atoms with Crippen LogP contribution < -0.4 is 5.32 Å². The molecule has 0 unspecified atom stereocenters. The molecule has 1 aliphatic rings. The smallest absolute Gasteiger partial charge is 0.241 e. The zero-order chi connectivity index (χ0) is 12.1. The molecule has 92 valence electrons. The SMILES string of the molecule is O=C(CNc1ncncc1Cl)N1CCCCC1. The average Bonchev–Trinajstić information content (AvgIpc) is 2.38. The first kappa shape index (κ1) is 12.1. The highest BCUT2D eigenvalue weighted by molar-refractivity contribution is 6.32. The lowest BCUT2D eigenvalue weighted by molar-refractivity contribution is -0.130. The summed E-state index contributed by atoms with van der Waals surface area (Å²) < 4.78 is 0. The van der Waals surface area contributed by atoms with Crippen LogP contribution in [0.15, 0.2) is 12.5 Å². The van der Waals surface area contributed by atoms with Gasteiger partial charge in [-0.15, -0.1) is 0 Å². The Morgan fingerprint density at radius 3 is 2.88 bits per heavy atom. The minimum atomic E-state index is 0.0966. The maximum atomic E-state index is 11.9. The first-order valence-corrected chi connectivity index (χ1v) is 6.12. The molecule has 0 aliphatic carbocycles. The van der Waals surface area contributed by atoms with Crippen LogP contribution in [-0.4, -0.2) is 40.4 Å². The van der Waals surface area contributed by atoms with Crippen LogP contribution in [0.1, 0.15) is 19.3 Å². The highest BCUT2D eigenvalue weighted by Crippen LogP contribution is 2.16. The third-order valence-electron chi connectivity index (χ3n) is 2.78. The number of hydrogen-bond donors (Lipinski definition) is 1. The van der Waals surface area contributed by atoms with Crippen LogP contribution in [0, 0.1) is 0 Å². The number of nitrogens with one attached hydrogen (secondary N) is 1. The minimum absolute atomic E-state index is 0.0966. The first-order valence-electron chi connectivity index (χ1n) is 5.74. The average molecular weight is 255 g/mol. The molecule has 6 heteroatoms. The lowest BCUT2D eigenvalue weighted by Gasteiger charge is -2.26. The normalized spacial score (nSPS) is 15.7. The predicted molar refractivity (Wildman–Crippen MR) is 66.0 cm³/mol. The van der Waals surface area contributed by atoms with Crippen molar-refractivity contribution in [2.45, 2.75) is 19.3 Å². The Labute approximate surface area is 105 Å². The van der Waals surface area contributed by atoms with E-state index in [-0.39, 0.29) is 12.5 Å². The second-order valence-electron chi connectivity index (χ2n) is 4.01. The van der Waals surface area contributed by atoms with Crippen LogP contribution in [0.25, 0.3) is 0 Å². The van der Waals surface area contributed by atoms with Gasteiger partial charge in [0.2, 0.25) is 5.91 Å². The molecule has 2 heterocycles. The van der Waals surface area contributed by atoms with Gasteiger partial charge in [-0.2, -0.15) is 0 Å². The molecule has 1 fully saturated rings. The summed E-state index contributed by atoms with van der Waals surface area (Å²) in [5, 5.41) is 3.37. The number of carbonyl (C=O) groups excluding carboxylic acids is 1. The van der Waals surface area contributed by atoms with Crippen LogP contribution in [-0.2, 0) is 4.79 Å². The number of halogens is 1. The molecule has 17 heavy (non-hydrogen) atoms. The maximum absolute atomic E-state index is 11.9. The second-order valence-corrected chi connectivity index (χ2v) is 4.42. The van der Waals surface area contributed by atoms with Crippen molar-refractivity contribution in [3.63, 3.8) is 0 Å². The molecule has 1 aromatic heterocycles. The molecule has 0 radical (unpaired) electrons. The van der Waals surface area contributed by atoms with Gasteiger partial charge in [0.05, 0.1) is 12.7 Å². The number of likely N-dealkylation sites (tertiary alicyclic amines) is 1. The van der Waals surface area contributed by atoms with Crippen LogP contribution >= 0.6 is 11.6 Å². The van der Waals surface area contributed by atoms with Crippen molar-refractivity contribution in [2.24, 2.45) is 0 Å². The topological polar surface area (TPSA) is 58.1 Å². The lowest BCUT2D eigenvalue weighted by Crippen LogP contribution is -2.39. The summed E-state index contributed by atoms with van der Waals surface area (Å²) in [4.78, 5) is 21.5. The second kappa shape index (κ2) is 5.82. The van der Waals surface area contributed by atoms with E-state index >= 15 is 0 Å². The van der Waals surface area contributed by atoms with Crippen molar-refractivity contribution in [1.82, 2.24) is 14.9 Å². The molecule has 5 nitrogen and oxygen atoms in total. The van der Waals surface area contributed by atoms with Gasteiger partial charge in [0.25, 0.3) is 0 Å². The van der Waals surface area contributed by atoms with E-state index in [0.29, 0.717) is 10.8 Å². The minimum Gasteiger partial charge on any atom is -0.360 e. The van der Waals surface area contributed by atoms with E-state index in [4.69, 9.17) is 11.6 Å². The molecule has 0 atom stereocenters. The van der Waals surface area contributed by atoms with Crippen LogP contribution in [0.2, 0.25) is 5.02 Å². The molecule has 1 aromatic rings. The summed E-state index contributed by atoms with van der Waals surface area (Å²) in [6.45, 7) is 1.95. The lowest BCUT2D eigenvalue weighted by atomic mass is 10.1. The quantitative estimate of drug-likeness (QED) is 0.889. The van der Waals surface area contributed by atoms with Gasteiger partial charge < -0.3 is 10.2 Å². The number of anilines is 1. The molecule has 1 aliphatic heterocycles.